The fraction of sp³-hybridized carbons (Fsp3) is 0.692. The lowest BCUT2D eigenvalue weighted by Crippen LogP contribution is -2.17. The molecule has 1 aromatic heterocycles. The van der Waals surface area contributed by atoms with E-state index in [-0.39, 0.29) is 5.91 Å². The van der Waals surface area contributed by atoms with E-state index in [0.29, 0.717) is 11.0 Å². The van der Waals surface area contributed by atoms with Crippen LogP contribution in [0.5, 0.6) is 0 Å². The van der Waals surface area contributed by atoms with Gasteiger partial charge in [-0.15, -0.1) is 10.2 Å². The highest BCUT2D eigenvalue weighted by Gasteiger charge is 2.66. The molecule has 0 bridgehead atoms. The van der Waals surface area contributed by atoms with E-state index in [9.17, 15) is 9.59 Å². The summed E-state index contributed by atoms with van der Waals surface area (Å²) in [6.45, 7) is 7.76. The summed E-state index contributed by atoms with van der Waals surface area (Å²) in [5.74, 6) is -1.85. The van der Waals surface area contributed by atoms with E-state index < -0.39 is 23.2 Å². The zero-order chi connectivity index (χ0) is 15.1. The van der Waals surface area contributed by atoms with E-state index in [1.165, 1.54) is 11.3 Å². The number of nitrogens with zero attached hydrogens (tertiary/aromatic N) is 2. The lowest BCUT2D eigenvalue weighted by molar-refractivity contribution is -0.140. The fourth-order valence-electron chi connectivity index (χ4n) is 2.51. The SMILES string of the molecule is CC(C)Cc1nnc(NC(=O)[C@H]2[C@@H](C(=O)O)C2(C)C)s1. The second-order valence-corrected chi connectivity index (χ2v) is 7.27. The maximum absolute atomic E-state index is 12.1. The predicted octanol–water partition coefficient (Wildman–Crippen LogP) is 2.03. The lowest BCUT2D eigenvalue weighted by atomic mass is 10.1. The van der Waals surface area contributed by atoms with Crippen LogP contribution < -0.4 is 5.32 Å². The number of aliphatic carboxylic acids is 1. The van der Waals surface area contributed by atoms with Crippen LogP contribution >= 0.6 is 11.3 Å². The van der Waals surface area contributed by atoms with Crippen molar-refractivity contribution in [2.45, 2.75) is 34.1 Å². The van der Waals surface area contributed by atoms with Gasteiger partial charge in [-0.1, -0.05) is 39.0 Å². The van der Waals surface area contributed by atoms with Crippen LogP contribution in [0.15, 0.2) is 0 Å². The predicted molar refractivity (Wildman–Crippen MR) is 75.5 cm³/mol. The Hall–Kier alpha value is -1.50. The van der Waals surface area contributed by atoms with Crippen molar-refractivity contribution >= 4 is 28.3 Å². The molecule has 0 aliphatic heterocycles. The molecule has 0 radical (unpaired) electrons. The zero-order valence-corrected chi connectivity index (χ0v) is 12.8. The van der Waals surface area contributed by atoms with E-state index in [4.69, 9.17) is 5.11 Å². The van der Waals surface area contributed by atoms with Gasteiger partial charge in [0.05, 0.1) is 11.8 Å². The molecular weight excluding hydrogens is 278 g/mol. The summed E-state index contributed by atoms with van der Waals surface area (Å²) < 4.78 is 0. The second-order valence-electron chi connectivity index (χ2n) is 6.20. The third kappa shape index (κ3) is 2.82. The second kappa shape index (κ2) is 5.12. The van der Waals surface area contributed by atoms with Crippen LogP contribution in [0.3, 0.4) is 0 Å². The molecule has 20 heavy (non-hydrogen) atoms. The van der Waals surface area contributed by atoms with Gasteiger partial charge in [-0.2, -0.15) is 0 Å². The van der Waals surface area contributed by atoms with Crippen molar-refractivity contribution in [3.8, 4) is 0 Å². The van der Waals surface area contributed by atoms with E-state index in [2.05, 4.69) is 29.4 Å². The van der Waals surface area contributed by atoms with Crippen molar-refractivity contribution in [1.29, 1.82) is 0 Å². The smallest absolute Gasteiger partial charge is 0.307 e. The molecule has 1 fully saturated rings. The first-order valence-electron chi connectivity index (χ1n) is 6.59. The minimum Gasteiger partial charge on any atom is -0.481 e. The number of hydrogen-bond acceptors (Lipinski definition) is 5. The molecule has 2 N–H and O–H groups in total. The molecule has 2 rings (SSSR count). The van der Waals surface area contributed by atoms with Crippen molar-refractivity contribution in [3.63, 3.8) is 0 Å². The Morgan fingerprint density at radius 2 is 2.00 bits per heavy atom. The van der Waals surface area contributed by atoms with Gasteiger partial charge in [0.2, 0.25) is 11.0 Å². The molecule has 1 saturated carbocycles. The summed E-state index contributed by atoms with van der Waals surface area (Å²) in [7, 11) is 0. The topological polar surface area (TPSA) is 92.2 Å². The van der Waals surface area contributed by atoms with Gasteiger partial charge in [0.25, 0.3) is 0 Å². The largest absolute Gasteiger partial charge is 0.481 e. The lowest BCUT2D eigenvalue weighted by Gasteiger charge is -2.01. The van der Waals surface area contributed by atoms with Gasteiger partial charge in [0.1, 0.15) is 5.01 Å². The standard InChI is InChI=1S/C13H19N3O3S/c1-6(2)5-7-15-16-12(20-7)14-10(17)8-9(11(18)19)13(8,3)4/h6,8-9H,5H2,1-4H3,(H,18,19)(H,14,16,17)/t8-,9+/m1/s1. The molecule has 0 aromatic carbocycles. The quantitative estimate of drug-likeness (QED) is 0.867. The Morgan fingerprint density at radius 3 is 2.50 bits per heavy atom. The van der Waals surface area contributed by atoms with Crippen molar-refractivity contribution < 1.29 is 14.7 Å². The fourth-order valence-corrected chi connectivity index (χ4v) is 3.46. The minimum atomic E-state index is -0.923. The summed E-state index contributed by atoms with van der Waals surface area (Å²) in [5.41, 5.74) is -0.499. The number of anilines is 1. The average Bonchev–Trinajstić information content (AvgIpc) is 2.63. The summed E-state index contributed by atoms with van der Waals surface area (Å²) in [4.78, 5) is 23.2. The van der Waals surface area contributed by atoms with Gasteiger partial charge in [0, 0.05) is 6.42 Å². The molecule has 1 aliphatic carbocycles. The molecule has 7 heteroatoms. The Balaban J connectivity index is 1.99. The van der Waals surface area contributed by atoms with Gasteiger partial charge in [-0.25, -0.2) is 0 Å². The third-order valence-electron chi connectivity index (χ3n) is 3.66. The van der Waals surface area contributed by atoms with Gasteiger partial charge >= 0.3 is 5.97 Å². The monoisotopic (exact) mass is 297 g/mol. The number of carboxylic acid groups (broad SMARTS) is 1. The third-order valence-corrected chi connectivity index (χ3v) is 4.52. The van der Waals surface area contributed by atoms with E-state index in [1.807, 2.05) is 0 Å². The van der Waals surface area contributed by atoms with E-state index >= 15 is 0 Å². The molecule has 6 nitrogen and oxygen atoms in total. The molecule has 1 aliphatic rings. The maximum atomic E-state index is 12.1. The average molecular weight is 297 g/mol. The first-order chi connectivity index (χ1) is 9.23. The summed E-state index contributed by atoms with van der Waals surface area (Å²) in [6.07, 6.45) is 0.820. The molecule has 1 heterocycles. The Bertz CT molecular complexity index is 539. The molecule has 0 unspecified atom stereocenters. The highest BCUT2D eigenvalue weighted by Crippen LogP contribution is 2.58. The van der Waals surface area contributed by atoms with Gasteiger partial charge in [0.15, 0.2) is 0 Å². The summed E-state index contributed by atoms with van der Waals surface area (Å²) in [5, 5.41) is 21.0. The number of aromatic nitrogens is 2. The Labute approximate surface area is 121 Å². The Kier molecular flexibility index (Phi) is 3.82. The number of carbonyl (C=O) groups is 2. The van der Waals surface area contributed by atoms with Gasteiger partial charge < -0.3 is 10.4 Å². The molecule has 2 atom stereocenters. The maximum Gasteiger partial charge on any atom is 0.307 e. The van der Waals surface area contributed by atoms with Crippen LogP contribution in [-0.4, -0.2) is 27.2 Å². The van der Waals surface area contributed by atoms with Gasteiger partial charge in [-0.05, 0) is 11.3 Å². The van der Waals surface area contributed by atoms with Crippen molar-refractivity contribution in [2.24, 2.45) is 23.2 Å². The van der Waals surface area contributed by atoms with Crippen LogP contribution in [0, 0.1) is 23.2 Å². The first kappa shape index (κ1) is 14.9. The molecule has 1 amide bonds. The Morgan fingerprint density at radius 1 is 1.35 bits per heavy atom. The van der Waals surface area contributed by atoms with Crippen molar-refractivity contribution in [2.75, 3.05) is 5.32 Å². The number of hydrogen-bond donors (Lipinski definition) is 2. The summed E-state index contributed by atoms with van der Waals surface area (Å²) >= 11 is 1.34. The molecular formula is C13H19N3O3S. The number of carbonyl (C=O) groups excluding carboxylic acids is 1. The summed E-state index contributed by atoms with van der Waals surface area (Å²) in [6, 6.07) is 0. The zero-order valence-electron chi connectivity index (χ0n) is 12.0. The van der Waals surface area contributed by atoms with Crippen LogP contribution in [0.2, 0.25) is 0 Å². The van der Waals surface area contributed by atoms with Crippen molar-refractivity contribution in [1.82, 2.24) is 10.2 Å². The van der Waals surface area contributed by atoms with E-state index in [1.54, 1.807) is 13.8 Å². The van der Waals surface area contributed by atoms with Crippen LogP contribution in [-0.2, 0) is 16.0 Å². The number of rotatable bonds is 5. The number of carboxylic acids is 1. The highest BCUT2D eigenvalue weighted by molar-refractivity contribution is 7.15. The molecule has 0 saturated heterocycles. The number of amides is 1. The molecule has 1 aromatic rings. The van der Waals surface area contributed by atoms with Crippen LogP contribution in [0.4, 0.5) is 5.13 Å². The van der Waals surface area contributed by atoms with Crippen LogP contribution in [0.1, 0.15) is 32.7 Å². The number of nitrogens with one attached hydrogen (secondary N) is 1. The first-order valence-corrected chi connectivity index (χ1v) is 7.41. The van der Waals surface area contributed by atoms with E-state index in [0.717, 1.165) is 11.4 Å². The van der Waals surface area contributed by atoms with Crippen LogP contribution in [0.25, 0.3) is 0 Å². The molecule has 110 valence electrons. The normalized spacial score (nSPS) is 23.6. The van der Waals surface area contributed by atoms with Gasteiger partial charge in [-0.3, -0.25) is 9.59 Å². The van der Waals surface area contributed by atoms with Crippen molar-refractivity contribution in [3.05, 3.63) is 5.01 Å². The highest BCUT2D eigenvalue weighted by atomic mass is 32.1. The minimum absolute atomic E-state index is 0.283. The molecule has 0 spiro atoms.